The van der Waals surface area contributed by atoms with Crippen molar-refractivity contribution in [3.05, 3.63) is 17.5 Å². The highest BCUT2D eigenvalue weighted by molar-refractivity contribution is 5.11. The number of aromatic nitrogens is 2. The van der Waals surface area contributed by atoms with E-state index in [0.717, 1.165) is 26.2 Å². The zero-order valence-electron chi connectivity index (χ0n) is 8.29. The minimum atomic E-state index is 0.679. The summed E-state index contributed by atoms with van der Waals surface area (Å²) in [6.07, 6.45) is 1.07. The second-order valence-corrected chi connectivity index (χ2v) is 4.00. The molecule has 1 aromatic rings. The number of nitrogens with zero attached hydrogens (tertiary/aromatic N) is 2. The maximum absolute atomic E-state index is 5.35. The normalized spacial score (nSPS) is 16.2. The number of ether oxygens (including phenoxy) is 1. The Kier molecular flexibility index (Phi) is 2.36. The van der Waals surface area contributed by atoms with Crippen LogP contribution in [0.4, 0.5) is 0 Å². The Morgan fingerprint density at radius 3 is 3.15 bits per heavy atom. The molecule has 0 saturated carbocycles. The molecule has 0 unspecified atom stereocenters. The average molecular weight is 180 g/mol. The Morgan fingerprint density at radius 1 is 1.62 bits per heavy atom. The minimum absolute atomic E-state index is 0.679. The van der Waals surface area contributed by atoms with E-state index < -0.39 is 0 Å². The molecule has 0 radical (unpaired) electrons. The van der Waals surface area contributed by atoms with Gasteiger partial charge in [-0.2, -0.15) is 5.10 Å². The first kappa shape index (κ1) is 8.75. The SMILES string of the molecule is CC(C)Cc1cc2n(n1)CCOC2. The van der Waals surface area contributed by atoms with Crippen molar-refractivity contribution in [1.82, 2.24) is 9.78 Å². The van der Waals surface area contributed by atoms with E-state index in [1.54, 1.807) is 0 Å². The molecule has 2 heterocycles. The van der Waals surface area contributed by atoms with E-state index in [0.29, 0.717) is 5.92 Å². The van der Waals surface area contributed by atoms with Gasteiger partial charge in [-0.05, 0) is 18.4 Å². The first-order valence-electron chi connectivity index (χ1n) is 4.89. The van der Waals surface area contributed by atoms with Crippen LogP contribution >= 0.6 is 0 Å². The van der Waals surface area contributed by atoms with Crippen LogP contribution in [-0.2, 0) is 24.3 Å². The van der Waals surface area contributed by atoms with Gasteiger partial charge < -0.3 is 4.74 Å². The van der Waals surface area contributed by atoms with Crippen LogP contribution in [0.2, 0.25) is 0 Å². The molecule has 0 aromatic carbocycles. The van der Waals surface area contributed by atoms with Crippen LogP contribution in [0.25, 0.3) is 0 Å². The summed E-state index contributed by atoms with van der Waals surface area (Å²) in [6, 6.07) is 2.17. The molecule has 72 valence electrons. The molecule has 1 aliphatic rings. The van der Waals surface area contributed by atoms with Crippen LogP contribution in [0.1, 0.15) is 25.2 Å². The fourth-order valence-electron chi connectivity index (χ4n) is 1.67. The van der Waals surface area contributed by atoms with Crippen molar-refractivity contribution >= 4 is 0 Å². The number of fused-ring (bicyclic) bond motifs is 1. The van der Waals surface area contributed by atoms with Crippen molar-refractivity contribution in [1.29, 1.82) is 0 Å². The molecule has 0 spiro atoms. The summed E-state index contributed by atoms with van der Waals surface area (Å²) in [5.74, 6) is 0.679. The fraction of sp³-hybridized carbons (Fsp3) is 0.700. The quantitative estimate of drug-likeness (QED) is 0.691. The van der Waals surface area contributed by atoms with Crippen LogP contribution in [0, 0.1) is 5.92 Å². The predicted molar refractivity (Wildman–Crippen MR) is 50.4 cm³/mol. The van der Waals surface area contributed by atoms with Gasteiger partial charge in [0.25, 0.3) is 0 Å². The van der Waals surface area contributed by atoms with E-state index in [4.69, 9.17) is 4.74 Å². The lowest BCUT2D eigenvalue weighted by atomic mass is 10.1. The molecular weight excluding hydrogens is 164 g/mol. The molecule has 0 fully saturated rings. The van der Waals surface area contributed by atoms with Gasteiger partial charge in [0.2, 0.25) is 0 Å². The van der Waals surface area contributed by atoms with Gasteiger partial charge >= 0.3 is 0 Å². The van der Waals surface area contributed by atoms with Crippen LogP contribution in [0.3, 0.4) is 0 Å². The zero-order valence-corrected chi connectivity index (χ0v) is 8.29. The highest BCUT2D eigenvalue weighted by Gasteiger charge is 2.12. The molecule has 1 aliphatic heterocycles. The van der Waals surface area contributed by atoms with Crippen LogP contribution in [0.5, 0.6) is 0 Å². The van der Waals surface area contributed by atoms with Crippen LogP contribution in [-0.4, -0.2) is 16.4 Å². The summed E-state index contributed by atoms with van der Waals surface area (Å²) in [5.41, 5.74) is 2.43. The van der Waals surface area contributed by atoms with Gasteiger partial charge in [0.05, 0.1) is 31.1 Å². The van der Waals surface area contributed by atoms with E-state index in [1.807, 2.05) is 0 Å². The van der Waals surface area contributed by atoms with Crippen molar-refractivity contribution in [2.45, 2.75) is 33.4 Å². The molecule has 0 bridgehead atoms. The molecule has 0 saturated heterocycles. The van der Waals surface area contributed by atoms with E-state index in [-0.39, 0.29) is 0 Å². The molecule has 3 heteroatoms. The average Bonchev–Trinajstić information content (AvgIpc) is 2.44. The Hall–Kier alpha value is -0.830. The predicted octanol–water partition coefficient (Wildman–Crippen LogP) is 1.61. The van der Waals surface area contributed by atoms with Crippen molar-refractivity contribution in [3.8, 4) is 0 Å². The molecule has 0 atom stereocenters. The second-order valence-electron chi connectivity index (χ2n) is 4.00. The minimum Gasteiger partial charge on any atom is -0.373 e. The van der Waals surface area contributed by atoms with E-state index in [9.17, 15) is 0 Å². The Balaban J connectivity index is 2.15. The lowest BCUT2D eigenvalue weighted by Gasteiger charge is -2.13. The fourth-order valence-corrected chi connectivity index (χ4v) is 1.67. The largest absolute Gasteiger partial charge is 0.373 e. The standard InChI is InChI=1S/C10H16N2O/c1-8(2)5-9-6-10-7-13-4-3-12(10)11-9/h6,8H,3-5,7H2,1-2H3. The molecule has 1 aromatic heterocycles. The smallest absolute Gasteiger partial charge is 0.0885 e. The molecule has 2 rings (SSSR count). The third-order valence-electron chi connectivity index (χ3n) is 2.23. The Bertz CT molecular complexity index is 268. The number of hydrogen-bond donors (Lipinski definition) is 0. The van der Waals surface area contributed by atoms with Crippen molar-refractivity contribution in [3.63, 3.8) is 0 Å². The summed E-state index contributed by atoms with van der Waals surface area (Å²) in [6.45, 7) is 6.87. The molecule has 0 aliphatic carbocycles. The van der Waals surface area contributed by atoms with E-state index in [1.165, 1.54) is 11.4 Å². The first-order chi connectivity index (χ1) is 6.25. The second kappa shape index (κ2) is 3.50. The molecular formula is C10H16N2O. The van der Waals surface area contributed by atoms with Crippen molar-refractivity contribution < 1.29 is 4.74 Å². The van der Waals surface area contributed by atoms with Gasteiger partial charge in [-0.3, -0.25) is 4.68 Å². The van der Waals surface area contributed by atoms with Gasteiger partial charge in [-0.25, -0.2) is 0 Å². The third kappa shape index (κ3) is 1.91. The van der Waals surface area contributed by atoms with Gasteiger partial charge in [-0.15, -0.1) is 0 Å². The summed E-state index contributed by atoms with van der Waals surface area (Å²) in [4.78, 5) is 0. The highest BCUT2D eigenvalue weighted by atomic mass is 16.5. The number of hydrogen-bond acceptors (Lipinski definition) is 2. The maximum atomic E-state index is 5.35. The van der Waals surface area contributed by atoms with Crippen molar-refractivity contribution in [2.24, 2.45) is 5.92 Å². The third-order valence-corrected chi connectivity index (χ3v) is 2.23. The first-order valence-corrected chi connectivity index (χ1v) is 4.89. The van der Waals surface area contributed by atoms with E-state index >= 15 is 0 Å². The molecule has 3 nitrogen and oxygen atoms in total. The topological polar surface area (TPSA) is 27.1 Å². The summed E-state index contributed by atoms with van der Waals surface area (Å²) in [5, 5.41) is 4.53. The van der Waals surface area contributed by atoms with Crippen LogP contribution < -0.4 is 0 Å². The lowest BCUT2D eigenvalue weighted by Crippen LogP contribution is -2.16. The monoisotopic (exact) mass is 180 g/mol. The van der Waals surface area contributed by atoms with Gasteiger partial charge in [-0.1, -0.05) is 13.8 Å². The summed E-state index contributed by atoms with van der Waals surface area (Å²) in [7, 11) is 0. The van der Waals surface area contributed by atoms with Gasteiger partial charge in [0, 0.05) is 0 Å². The Labute approximate surface area is 78.7 Å². The van der Waals surface area contributed by atoms with Gasteiger partial charge in [0.15, 0.2) is 0 Å². The highest BCUT2D eigenvalue weighted by Crippen LogP contribution is 2.13. The van der Waals surface area contributed by atoms with Gasteiger partial charge in [0.1, 0.15) is 0 Å². The van der Waals surface area contributed by atoms with Crippen molar-refractivity contribution in [2.75, 3.05) is 6.61 Å². The molecule has 0 amide bonds. The summed E-state index contributed by atoms with van der Waals surface area (Å²) >= 11 is 0. The molecule has 13 heavy (non-hydrogen) atoms. The number of rotatable bonds is 2. The van der Waals surface area contributed by atoms with Crippen LogP contribution in [0.15, 0.2) is 6.07 Å². The maximum Gasteiger partial charge on any atom is 0.0885 e. The Morgan fingerprint density at radius 2 is 2.46 bits per heavy atom. The van der Waals surface area contributed by atoms with E-state index in [2.05, 4.69) is 29.7 Å². The summed E-state index contributed by atoms with van der Waals surface area (Å²) < 4.78 is 7.42. The lowest BCUT2D eigenvalue weighted by molar-refractivity contribution is 0.0800. The zero-order chi connectivity index (χ0) is 9.26. The molecule has 0 N–H and O–H groups in total.